The monoisotopic (exact) mass is 395 g/mol. The van der Waals surface area contributed by atoms with Crippen LogP contribution in [0.15, 0.2) is 36.4 Å². The van der Waals surface area contributed by atoms with E-state index < -0.39 is 0 Å². The van der Waals surface area contributed by atoms with Gasteiger partial charge < -0.3 is 14.8 Å². The van der Waals surface area contributed by atoms with E-state index in [1.807, 2.05) is 30.3 Å². The molecule has 1 saturated carbocycles. The van der Waals surface area contributed by atoms with Crippen LogP contribution >= 0.6 is 0 Å². The summed E-state index contributed by atoms with van der Waals surface area (Å²) in [6, 6.07) is 11.6. The Hall–Kier alpha value is -2.49. The van der Waals surface area contributed by atoms with Gasteiger partial charge in [0.25, 0.3) is 0 Å². The van der Waals surface area contributed by atoms with E-state index in [9.17, 15) is 4.79 Å². The quantitative estimate of drug-likeness (QED) is 0.553. The first-order valence-corrected chi connectivity index (χ1v) is 10.7. The molecule has 1 fully saturated rings. The van der Waals surface area contributed by atoms with Crippen molar-refractivity contribution in [3.63, 3.8) is 0 Å². The molecule has 2 aromatic carbocycles. The van der Waals surface area contributed by atoms with Crippen molar-refractivity contribution in [2.75, 3.05) is 26.1 Å². The van der Waals surface area contributed by atoms with Crippen LogP contribution < -0.4 is 14.8 Å². The van der Waals surface area contributed by atoms with Gasteiger partial charge in [0.1, 0.15) is 0 Å². The molecule has 2 aromatic rings. The van der Waals surface area contributed by atoms with E-state index in [2.05, 4.69) is 19.2 Å². The number of ether oxygens (including phenoxy) is 2. The van der Waals surface area contributed by atoms with Crippen LogP contribution in [-0.2, 0) is 0 Å². The predicted octanol–water partition coefficient (Wildman–Crippen LogP) is 6.05. The Kier molecular flexibility index (Phi) is 7.18. The Morgan fingerprint density at radius 2 is 1.62 bits per heavy atom. The molecule has 0 spiro atoms. The van der Waals surface area contributed by atoms with Gasteiger partial charge in [0, 0.05) is 29.4 Å². The molecule has 3 rings (SSSR count). The Morgan fingerprint density at radius 3 is 2.21 bits per heavy atom. The lowest BCUT2D eigenvalue weighted by Gasteiger charge is -2.23. The highest BCUT2D eigenvalue weighted by Gasteiger charge is 2.20. The average molecular weight is 396 g/mol. The lowest BCUT2D eigenvalue weighted by Crippen LogP contribution is -2.18. The number of carbonyl (C=O) groups is 1. The van der Waals surface area contributed by atoms with E-state index in [1.165, 1.54) is 37.7 Å². The fourth-order valence-corrected chi connectivity index (χ4v) is 4.03. The molecule has 1 aliphatic rings. The minimum absolute atomic E-state index is 0.00703. The second-order valence-corrected chi connectivity index (χ2v) is 8.24. The lowest BCUT2D eigenvalue weighted by molar-refractivity contribution is 0.103. The molecule has 29 heavy (non-hydrogen) atoms. The van der Waals surface area contributed by atoms with Crippen molar-refractivity contribution >= 4 is 11.5 Å². The van der Waals surface area contributed by atoms with Gasteiger partial charge in [0.2, 0.25) is 0 Å². The van der Waals surface area contributed by atoms with E-state index >= 15 is 0 Å². The van der Waals surface area contributed by atoms with Crippen LogP contribution in [0, 0.1) is 5.92 Å². The molecule has 0 amide bonds. The average Bonchev–Trinajstić information content (AvgIpc) is 2.77. The molecule has 1 aliphatic carbocycles. The van der Waals surface area contributed by atoms with Gasteiger partial charge in [0.05, 0.1) is 14.2 Å². The SMILES string of the molecule is COc1cc(NCC2CCCCC2)c(C(=O)c2ccc(C(C)C)cc2)cc1OC. The van der Waals surface area contributed by atoms with Gasteiger partial charge >= 0.3 is 0 Å². The maximum absolute atomic E-state index is 13.3. The summed E-state index contributed by atoms with van der Waals surface area (Å²) in [5, 5.41) is 3.53. The molecule has 0 aromatic heterocycles. The summed E-state index contributed by atoms with van der Waals surface area (Å²) in [6.07, 6.45) is 6.43. The van der Waals surface area contributed by atoms with Crippen LogP contribution in [0.1, 0.15) is 73.4 Å². The Labute approximate surface area is 174 Å². The summed E-state index contributed by atoms with van der Waals surface area (Å²) < 4.78 is 10.9. The molecule has 156 valence electrons. The topological polar surface area (TPSA) is 47.6 Å². The maximum Gasteiger partial charge on any atom is 0.195 e. The van der Waals surface area contributed by atoms with Crippen molar-refractivity contribution in [1.29, 1.82) is 0 Å². The summed E-state index contributed by atoms with van der Waals surface area (Å²) in [4.78, 5) is 13.3. The van der Waals surface area contributed by atoms with Gasteiger partial charge in [-0.3, -0.25) is 4.79 Å². The van der Waals surface area contributed by atoms with E-state index in [-0.39, 0.29) is 5.78 Å². The molecule has 0 heterocycles. The minimum atomic E-state index is -0.00703. The normalized spacial score (nSPS) is 14.7. The fourth-order valence-electron chi connectivity index (χ4n) is 4.03. The first-order chi connectivity index (χ1) is 14.0. The Balaban J connectivity index is 1.90. The maximum atomic E-state index is 13.3. The largest absolute Gasteiger partial charge is 0.493 e. The van der Waals surface area contributed by atoms with E-state index in [4.69, 9.17) is 9.47 Å². The highest BCUT2D eigenvalue weighted by Crippen LogP contribution is 2.35. The summed E-state index contributed by atoms with van der Waals surface area (Å²) in [6.45, 7) is 5.18. The molecular weight excluding hydrogens is 362 g/mol. The van der Waals surface area contributed by atoms with Gasteiger partial charge in [-0.15, -0.1) is 0 Å². The molecule has 0 aliphatic heterocycles. The fraction of sp³-hybridized carbons (Fsp3) is 0.480. The van der Waals surface area contributed by atoms with Crippen molar-refractivity contribution in [3.05, 3.63) is 53.1 Å². The number of carbonyl (C=O) groups excluding carboxylic acids is 1. The molecular formula is C25H33NO3. The van der Waals surface area contributed by atoms with Crippen molar-refractivity contribution < 1.29 is 14.3 Å². The van der Waals surface area contributed by atoms with Crippen LogP contribution in [0.5, 0.6) is 11.5 Å². The smallest absolute Gasteiger partial charge is 0.195 e. The number of hydrogen-bond acceptors (Lipinski definition) is 4. The number of hydrogen-bond donors (Lipinski definition) is 1. The highest BCUT2D eigenvalue weighted by molar-refractivity contribution is 6.12. The zero-order chi connectivity index (χ0) is 20.8. The zero-order valence-corrected chi connectivity index (χ0v) is 18.1. The Morgan fingerprint density at radius 1 is 1.00 bits per heavy atom. The summed E-state index contributed by atoms with van der Waals surface area (Å²) in [5.74, 6) is 2.29. The number of methoxy groups -OCH3 is 2. The molecule has 4 nitrogen and oxygen atoms in total. The molecule has 1 N–H and O–H groups in total. The number of ketones is 1. The lowest BCUT2D eigenvalue weighted by atomic mass is 9.89. The number of anilines is 1. The molecule has 4 heteroatoms. The van der Waals surface area contributed by atoms with Crippen LogP contribution in [0.25, 0.3) is 0 Å². The molecule has 0 unspecified atom stereocenters. The minimum Gasteiger partial charge on any atom is -0.493 e. The molecule has 0 saturated heterocycles. The third-order valence-electron chi connectivity index (χ3n) is 5.91. The van der Waals surface area contributed by atoms with Crippen molar-refractivity contribution in [2.24, 2.45) is 5.92 Å². The van der Waals surface area contributed by atoms with Gasteiger partial charge in [0.15, 0.2) is 17.3 Å². The van der Waals surface area contributed by atoms with Crippen molar-refractivity contribution in [1.82, 2.24) is 0 Å². The molecule has 0 radical (unpaired) electrons. The van der Waals surface area contributed by atoms with Gasteiger partial charge in [-0.2, -0.15) is 0 Å². The first kappa shape index (κ1) is 21.2. The van der Waals surface area contributed by atoms with Crippen LogP contribution in [0.3, 0.4) is 0 Å². The van der Waals surface area contributed by atoms with Gasteiger partial charge in [-0.05, 0) is 36.3 Å². The van der Waals surface area contributed by atoms with Crippen LogP contribution in [0.4, 0.5) is 5.69 Å². The number of benzene rings is 2. The number of nitrogens with one attached hydrogen (secondary N) is 1. The molecule has 0 bridgehead atoms. The second kappa shape index (κ2) is 9.82. The molecule has 0 atom stereocenters. The summed E-state index contributed by atoms with van der Waals surface area (Å²) in [5.41, 5.74) is 3.34. The van der Waals surface area contributed by atoms with Gasteiger partial charge in [-0.25, -0.2) is 0 Å². The first-order valence-electron chi connectivity index (χ1n) is 10.7. The Bertz CT molecular complexity index is 821. The van der Waals surface area contributed by atoms with Crippen LogP contribution in [-0.4, -0.2) is 26.5 Å². The summed E-state index contributed by atoms with van der Waals surface area (Å²) >= 11 is 0. The number of rotatable bonds is 8. The summed E-state index contributed by atoms with van der Waals surface area (Å²) in [7, 11) is 3.22. The standard InChI is InChI=1S/C25H33NO3/c1-17(2)19-10-12-20(13-11-19)25(27)21-14-23(28-3)24(29-4)15-22(21)26-16-18-8-6-5-7-9-18/h10-15,17-18,26H,5-9,16H2,1-4H3. The van der Waals surface area contributed by atoms with Gasteiger partial charge in [-0.1, -0.05) is 57.4 Å². The zero-order valence-electron chi connectivity index (χ0n) is 18.1. The van der Waals surface area contributed by atoms with E-state index in [1.54, 1.807) is 20.3 Å². The predicted molar refractivity (Wildman–Crippen MR) is 119 cm³/mol. The van der Waals surface area contributed by atoms with Crippen molar-refractivity contribution in [3.8, 4) is 11.5 Å². The van der Waals surface area contributed by atoms with Crippen molar-refractivity contribution in [2.45, 2.75) is 51.9 Å². The highest BCUT2D eigenvalue weighted by atomic mass is 16.5. The van der Waals surface area contributed by atoms with Crippen LogP contribution in [0.2, 0.25) is 0 Å². The van der Waals surface area contributed by atoms with E-state index in [0.29, 0.717) is 34.5 Å². The second-order valence-electron chi connectivity index (χ2n) is 8.24. The third kappa shape index (κ3) is 5.11. The van der Waals surface area contributed by atoms with E-state index in [0.717, 1.165) is 12.2 Å². The third-order valence-corrected chi connectivity index (χ3v) is 5.91.